The summed E-state index contributed by atoms with van der Waals surface area (Å²) in [5.74, 6) is -2.95. The summed E-state index contributed by atoms with van der Waals surface area (Å²) in [6, 6.07) is 5.93. The molecule has 5 heteroatoms. The Hall–Kier alpha value is -1.41. The molecule has 15 heavy (non-hydrogen) atoms. The number of carboxylic acid groups (broad SMARTS) is 1. The fourth-order valence-corrected chi connectivity index (χ4v) is 1.43. The van der Waals surface area contributed by atoms with Crippen LogP contribution in [0.2, 0.25) is 0 Å². The van der Waals surface area contributed by atoms with Crippen LogP contribution in [-0.4, -0.2) is 11.1 Å². The lowest BCUT2D eigenvalue weighted by Gasteiger charge is -2.05. The molecule has 1 aromatic carbocycles. The fraction of sp³-hybridized carbons (Fsp3) is 0.200. The van der Waals surface area contributed by atoms with Gasteiger partial charge in [-0.15, -0.1) is 0 Å². The van der Waals surface area contributed by atoms with Gasteiger partial charge >= 0.3 is 5.97 Å². The van der Waals surface area contributed by atoms with Gasteiger partial charge in [0.15, 0.2) is 0 Å². The molecule has 1 rings (SSSR count). The Morgan fingerprint density at radius 2 is 2.33 bits per heavy atom. The summed E-state index contributed by atoms with van der Waals surface area (Å²) in [4.78, 5) is 10.6. The number of rotatable bonds is 3. The van der Waals surface area contributed by atoms with E-state index in [0.29, 0.717) is 4.47 Å². The average Bonchev–Trinajstić information content (AvgIpc) is 2.16. The van der Waals surface area contributed by atoms with Gasteiger partial charge in [-0.1, -0.05) is 22.0 Å². The van der Waals surface area contributed by atoms with Crippen LogP contribution >= 0.6 is 15.9 Å². The third kappa shape index (κ3) is 3.03. The zero-order chi connectivity index (χ0) is 11.4. The molecule has 0 amide bonds. The van der Waals surface area contributed by atoms with Crippen molar-refractivity contribution in [2.45, 2.75) is 6.42 Å². The number of aliphatic carboxylic acids is 1. The van der Waals surface area contributed by atoms with Crippen molar-refractivity contribution in [2.24, 2.45) is 5.92 Å². The second-order valence-corrected chi connectivity index (χ2v) is 3.88. The Labute approximate surface area is 94.3 Å². The SMILES string of the molecule is N#CC(Cc1ccc(Br)cc1F)C(=O)O. The first-order valence-electron chi connectivity index (χ1n) is 4.11. The van der Waals surface area contributed by atoms with Gasteiger partial charge in [-0.05, 0) is 17.7 Å². The molecular formula is C10H7BrFNO2. The van der Waals surface area contributed by atoms with E-state index >= 15 is 0 Å². The average molecular weight is 272 g/mol. The van der Waals surface area contributed by atoms with Crippen LogP contribution in [0.3, 0.4) is 0 Å². The maximum absolute atomic E-state index is 13.3. The van der Waals surface area contributed by atoms with E-state index in [-0.39, 0.29) is 12.0 Å². The van der Waals surface area contributed by atoms with Crippen LogP contribution in [0.5, 0.6) is 0 Å². The van der Waals surface area contributed by atoms with E-state index in [1.165, 1.54) is 12.1 Å². The molecule has 0 spiro atoms. The zero-order valence-corrected chi connectivity index (χ0v) is 9.16. The Bertz CT molecular complexity index is 428. The molecule has 0 saturated carbocycles. The summed E-state index contributed by atoms with van der Waals surface area (Å²) in [6.07, 6.45) is -0.120. The summed E-state index contributed by atoms with van der Waals surface area (Å²) in [7, 11) is 0. The normalized spacial score (nSPS) is 11.8. The van der Waals surface area contributed by atoms with Gasteiger partial charge in [0.25, 0.3) is 0 Å². The Balaban J connectivity index is 2.90. The summed E-state index contributed by atoms with van der Waals surface area (Å²) >= 11 is 3.09. The third-order valence-electron chi connectivity index (χ3n) is 1.89. The molecule has 0 fully saturated rings. The first-order chi connectivity index (χ1) is 7.04. The number of benzene rings is 1. The molecule has 0 aliphatic carbocycles. The van der Waals surface area contributed by atoms with Crippen molar-refractivity contribution >= 4 is 21.9 Å². The molecule has 0 bridgehead atoms. The van der Waals surface area contributed by atoms with Crippen LogP contribution in [0.1, 0.15) is 5.56 Å². The van der Waals surface area contributed by atoms with Crippen molar-refractivity contribution in [1.82, 2.24) is 0 Å². The molecular weight excluding hydrogens is 265 g/mol. The van der Waals surface area contributed by atoms with Crippen LogP contribution in [0, 0.1) is 23.1 Å². The first-order valence-corrected chi connectivity index (χ1v) is 4.90. The standard InChI is InChI=1S/C10H7BrFNO2/c11-8-2-1-6(9(12)4-8)3-7(5-13)10(14)15/h1-2,4,7H,3H2,(H,14,15). The summed E-state index contributed by atoms with van der Waals surface area (Å²) in [6.45, 7) is 0. The van der Waals surface area contributed by atoms with Crippen LogP contribution in [-0.2, 0) is 11.2 Å². The summed E-state index contributed by atoms with van der Waals surface area (Å²) < 4.78 is 13.9. The molecule has 0 aromatic heterocycles. The highest BCUT2D eigenvalue weighted by Gasteiger charge is 2.18. The van der Waals surface area contributed by atoms with Gasteiger partial charge < -0.3 is 5.11 Å². The Kier molecular flexibility index (Phi) is 3.81. The van der Waals surface area contributed by atoms with Gasteiger partial charge in [0.1, 0.15) is 11.7 Å². The van der Waals surface area contributed by atoms with E-state index in [2.05, 4.69) is 15.9 Å². The topological polar surface area (TPSA) is 61.1 Å². The van der Waals surface area contributed by atoms with Gasteiger partial charge in [0.2, 0.25) is 0 Å². The van der Waals surface area contributed by atoms with E-state index in [0.717, 1.165) is 0 Å². The number of nitriles is 1. The molecule has 0 aliphatic heterocycles. The molecule has 1 atom stereocenters. The minimum atomic E-state index is -1.24. The smallest absolute Gasteiger partial charge is 0.321 e. The minimum Gasteiger partial charge on any atom is -0.480 e. The second kappa shape index (κ2) is 4.89. The lowest BCUT2D eigenvalue weighted by molar-refractivity contribution is -0.139. The van der Waals surface area contributed by atoms with Gasteiger partial charge in [0.05, 0.1) is 6.07 Å². The lowest BCUT2D eigenvalue weighted by atomic mass is 10.0. The van der Waals surface area contributed by atoms with Crippen LogP contribution < -0.4 is 0 Å². The van der Waals surface area contributed by atoms with Crippen LogP contribution in [0.15, 0.2) is 22.7 Å². The largest absolute Gasteiger partial charge is 0.480 e. The minimum absolute atomic E-state index is 0.120. The quantitative estimate of drug-likeness (QED) is 0.918. The second-order valence-electron chi connectivity index (χ2n) is 2.96. The van der Waals surface area contributed by atoms with Gasteiger partial charge in [-0.3, -0.25) is 4.79 Å². The van der Waals surface area contributed by atoms with Crippen molar-refractivity contribution in [3.63, 3.8) is 0 Å². The highest BCUT2D eigenvalue weighted by Crippen LogP contribution is 2.18. The zero-order valence-electron chi connectivity index (χ0n) is 7.58. The molecule has 0 radical (unpaired) electrons. The predicted octanol–water partition coefficient (Wildman–Crippen LogP) is 2.36. The van der Waals surface area contributed by atoms with Crippen molar-refractivity contribution in [2.75, 3.05) is 0 Å². The van der Waals surface area contributed by atoms with E-state index in [1.54, 1.807) is 12.1 Å². The Morgan fingerprint density at radius 1 is 1.67 bits per heavy atom. The molecule has 1 aromatic rings. The van der Waals surface area contributed by atoms with E-state index < -0.39 is 17.7 Å². The molecule has 3 nitrogen and oxygen atoms in total. The van der Waals surface area contributed by atoms with Gasteiger partial charge in [-0.25, -0.2) is 4.39 Å². The summed E-state index contributed by atoms with van der Waals surface area (Å²) in [5.41, 5.74) is 0.229. The molecule has 1 N–H and O–H groups in total. The number of halogens is 2. The van der Waals surface area contributed by atoms with Crippen molar-refractivity contribution in [3.05, 3.63) is 34.1 Å². The monoisotopic (exact) mass is 271 g/mol. The molecule has 1 unspecified atom stereocenters. The van der Waals surface area contributed by atoms with Crippen molar-refractivity contribution in [3.8, 4) is 6.07 Å². The van der Waals surface area contributed by atoms with Crippen molar-refractivity contribution < 1.29 is 14.3 Å². The highest BCUT2D eigenvalue weighted by molar-refractivity contribution is 9.10. The summed E-state index contributed by atoms with van der Waals surface area (Å²) in [5, 5.41) is 17.2. The predicted molar refractivity (Wildman–Crippen MR) is 54.5 cm³/mol. The lowest BCUT2D eigenvalue weighted by Crippen LogP contribution is -2.14. The van der Waals surface area contributed by atoms with Crippen molar-refractivity contribution in [1.29, 1.82) is 5.26 Å². The number of carbonyl (C=O) groups is 1. The van der Waals surface area contributed by atoms with Gasteiger partial charge in [-0.2, -0.15) is 5.26 Å². The molecule has 0 saturated heterocycles. The molecule has 0 heterocycles. The first kappa shape index (κ1) is 11.7. The fourth-order valence-electron chi connectivity index (χ4n) is 1.10. The number of hydrogen-bond acceptors (Lipinski definition) is 2. The van der Waals surface area contributed by atoms with Gasteiger partial charge in [0, 0.05) is 10.9 Å². The number of nitrogens with zero attached hydrogens (tertiary/aromatic N) is 1. The van der Waals surface area contributed by atoms with E-state index in [1.807, 2.05) is 0 Å². The van der Waals surface area contributed by atoms with E-state index in [9.17, 15) is 9.18 Å². The maximum Gasteiger partial charge on any atom is 0.321 e. The number of carboxylic acids is 1. The maximum atomic E-state index is 13.3. The third-order valence-corrected chi connectivity index (χ3v) is 2.39. The van der Waals surface area contributed by atoms with Crippen LogP contribution in [0.25, 0.3) is 0 Å². The number of hydrogen-bond donors (Lipinski definition) is 1. The Morgan fingerprint density at radius 3 is 2.80 bits per heavy atom. The molecule has 78 valence electrons. The van der Waals surface area contributed by atoms with Crippen LogP contribution in [0.4, 0.5) is 4.39 Å². The molecule has 0 aliphatic rings. The van der Waals surface area contributed by atoms with E-state index in [4.69, 9.17) is 10.4 Å². The highest BCUT2D eigenvalue weighted by atomic mass is 79.9.